The van der Waals surface area contributed by atoms with Gasteiger partial charge < -0.3 is 15.4 Å². The molecule has 0 radical (unpaired) electrons. The maximum atomic E-state index is 6.54. The monoisotopic (exact) mass is 414 g/mol. The Hall–Kier alpha value is -2.34. The van der Waals surface area contributed by atoms with E-state index in [-0.39, 0.29) is 6.04 Å². The van der Waals surface area contributed by atoms with Crippen LogP contribution in [0.3, 0.4) is 0 Å². The first kappa shape index (κ1) is 19.0. The zero-order chi connectivity index (χ0) is 19.8. The van der Waals surface area contributed by atoms with E-state index < -0.39 is 0 Å². The Balaban J connectivity index is 1.82. The minimum Gasteiger partial charge on any atom is -0.496 e. The van der Waals surface area contributed by atoms with Crippen molar-refractivity contribution in [1.29, 1.82) is 0 Å². The van der Waals surface area contributed by atoms with Crippen molar-refractivity contribution in [2.24, 2.45) is 15.7 Å². The summed E-state index contributed by atoms with van der Waals surface area (Å²) in [4.78, 5) is 11.6. The van der Waals surface area contributed by atoms with Crippen LogP contribution in [0.15, 0.2) is 58.0 Å². The summed E-state index contributed by atoms with van der Waals surface area (Å²) in [6, 6.07) is 13.3. The lowest BCUT2D eigenvalue weighted by Gasteiger charge is -2.30. The van der Waals surface area contributed by atoms with Crippen molar-refractivity contribution in [3.63, 3.8) is 0 Å². The van der Waals surface area contributed by atoms with E-state index in [0.29, 0.717) is 29.1 Å². The highest BCUT2D eigenvalue weighted by Crippen LogP contribution is 2.40. The van der Waals surface area contributed by atoms with Gasteiger partial charge in [0.1, 0.15) is 11.8 Å². The van der Waals surface area contributed by atoms with E-state index in [1.807, 2.05) is 43.3 Å². The number of ether oxygens (including phenoxy) is 1. The number of nitrogens with zero attached hydrogens (tertiary/aromatic N) is 3. The van der Waals surface area contributed by atoms with E-state index in [4.69, 9.17) is 43.7 Å². The van der Waals surface area contributed by atoms with Crippen LogP contribution >= 0.6 is 23.2 Å². The molecule has 0 fully saturated rings. The number of para-hydroxylation sites is 1. The summed E-state index contributed by atoms with van der Waals surface area (Å²) in [7, 11) is 1.67. The summed E-state index contributed by atoms with van der Waals surface area (Å²) >= 11 is 12.6. The molecule has 2 aliphatic rings. The second-order valence-electron chi connectivity index (χ2n) is 6.65. The van der Waals surface area contributed by atoms with Gasteiger partial charge in [-0.15, -0.1) is 0 Å². The number of methoxy groups -OCH3 is 1. The number of halogens is 2. The van der Waals surface area contributed by atoms with E-state index in [2.05, 4.69) is 4.90 Å². The highest BCUT2D eigenvalue weighted by Gasteiger charge is 2.35. The van der Waals surface area contributed by atoms with Crippen LogP contribution in [0, 0.1) is 0 Å². The van der Waals surface area contributed by atoms with Crippen LogP contribution in [0.5, 0.6) is 5.75 Å². The van der Waals surface area contributed by atoms with Crippen molar-refractivity contribution in [3.8, 4) is 5.75 Å². The molecular weight excluding hydrogens is 395 g/mol. The first-order chi connectivity index (χ1) is 13.5. The quantitative estimate of drug-likeness (QED) is 0.797. The first-order valence-corrected chi connectivity index (χ1v) is 9.71. The van der Waals surface area contributed by atoms with Gasteiger partial charge in [0.05, 0.1) is 24.4 Å². The smallest absolute Gasteiger partial charge is 0.226 e. The van der Waals surface area contributed by atoms with E-state index in [0.717, 1.165) is 33.9 Å². The van der Waals surface area contributed by atoms with Gasteiger partial charge in [-0.25, -0.2) is 9.98 Å². The Morgan fingerprint density at radius 2 is 2.00 bits per heavy atom. The molecule has 0 bridgehead atoms. The zero-order valence-electron chi connectivity index (χ0n) is 15.6. The maximum Gasteiger partial charge on any atom is 0.226 e. The number of hydrogen-bond acceptors (Lipinski definition) is 5. The minimum atomic E-state index is -0.0964. The average Bonchev–Trinajstić information content (AvgIpc) is 3.10. The molecule has 2 heterocycles. The molecule has 1 atom stereocenters. The molecule has 2 N–H and O–H groups in total. The van der Waals surface area contributed by atoms with Gasteiger partial charge in [-0.3, -0.25) is 0 Å². The van der Waals surface area contributed by atoms with E-state index in [9.17, 15) is 0 Å². The summed E-state index contributed by atoms with van der Waals surface area (Å²) in [6.07, 6.45) is 0. The van der Waals surface area contributed by atoms with Gasteiger partial charge in [-0.05, 0) is 31.2 Å². The zero-order valence-corrected chi connectivity index (χ0v) is 17.1. The van der Waals surface area contributed by atoms with Crippen molar-refractivity contribution in [2.75, 3.05) is 20.2 Å². The highest BCUT2D eigenvalue weighted by molar-refractivity contribution is 6.36. The van der Waals surface area contributed by atoms with Crippen LogP contribution in [0.4, 0.5) is 0 Å². The summed E-state index contributed by atoms with van der Waals surface area (Å²) in [5, 5.41) is 1.16. The molecule has 0 saturated heterocycles. The standard InChI is InChI=1S/C21H20Cl2N4O/c1-12-16(10-24)20(14-8-7-13(22)9-17(14)23)27-11-18(26-21(27)25-12)15-5-3-4-6-19(15)28-2/h3-9,18H,10-11,24H2,1-2H3. The molecule has 2 aliphatic heterocycles. The normalized spacial score (nSPS) is 18.8. The molecule has 1 unspecified atom stereocenters. The lowest BCUT2D eigenvalue weighted by Crippen LogP contribution is -2.33. The van der Waals surface area contributed by atoms with Crippen LogP contribution in [0.2, 0.25) is 10.0 Å². The van der Waals surface area contributed by atoms with Gasteiger partial charge >= 0.3 is 0 Å². The van der Waals surface area contributed by atoms with Crippen molar-refractivity contribution in [2.45, 2.75) is 13.0 Å². The fourth-order valence-corrected chi connectivity index (χ4v) is 4.18. The van der Waals surface area contributed by atoms with Crippen LogP contribution in [-0.2, 0) is 0 Å². The van der Waals surface area contributed by atoms with Crippen LogP contribution in [0.1, 0.15) is 24.1 Å². The summed E-state index contributed by atoms with van der Waals surface area (Å²) in [5.74, 6) is 1.47. The fourth-order valence-electron chi connectivity index (χ4n) is 3.68. The molecule has 7 heteroatoms. The third-order valence-electron chi connectivity index (χ3n) is 5.02. The van der Waals surface area contributed by atoms with Gasteiger partial charge in [-0.1, -0.05) is 41.4 Å². The van der Waals surface area contributed by atoms with Crippen LogP contribution < -0.4 is 10.5 Å². The highest BCUT2D eigenvalue weighted by atomic mass is 35.5. The maximum absolute atomic E-state index is 6.54. The Morgan fingerprint density at radius 3 is 2.71 bits per heavy atom. The van der Waals surface area contributed by atoms with E-state index in [1.165, 1.54) is 0 Å². The second-order valence-corrected chi connectivity index (χ2v) is 7.49. The molecule has 0 aromatic heterocycles. The van der Waals surface area contributed by atoms with E-state index in [1.54, 1.807) is 13.2 Å². The summed E-state index contributed by atoms with van der Waals surface area (Å²) in [5.41, 5.74) is 10.7. The van der Waals surface area contributed by atoms with Crippen molar-refractivity contribution >= 4 is 40.6 Å². The third-order valence-corrected chi connectivity index (χ3v) is 5.56. The lowest BCUT2D eigenvalue weighted by molar-refractivity contribution is 0.404. The number of guanidine groups is 1. The number of benzene rings is 2. The Labute approximate surface area is 174 Å². The molecule has 0 aliphatic carbocycles. The lowest BCUT2D eigenvalue weighted by atomic mass is 9.99. The van der Waals surface area contributed by atoms with Gasteiger partial charge in [0.15, 0.2) is 0 Å². The molecule has 28 heavy (non-hydrogen) atoms. The van der Waals surface area contributed by atoms with E-state index >= 15 is 0 Å². The predicted octanol–water partition coefficient (Wildman–Crippen LogP) is 4.56. The van der Waals surface area contributed by atoms with Gasteiger partial charge in [0.25, 0.3) is 0 Å². The first-order valence-electron chi connectivity index (χ1n) is 8.96. The fraction of sp³-hybridized carbons (Fsp3) is 0.238. The van der Waals surface area contributed by atoms with Crippen LogP contribution in [-0.4, -0.2) is 36.8 Å². The molecule has 0 amide bonds. The number of fused-ring (bicyclic) bond motifs is 1. The Kier molecular flexibility index (Phi) is 5.15. The van der Waals surface area contributed by atoms with Gasteiger partial charge in [-0.2, -0.15) is 0 Å². The number of nitrogens with two attached hydrogens (primary N) is 1. The molecule has 0 spiro atoms. The number of aliphatic imine (C=N–C) groups is 2. The van der Waals surface area contributed by atoms with Crippen molar-refractivity contribution in [3.05, 3.63) is 69.2 Å². The molecule has 5 nitrogen and oxygen atoms in total. The Bertz CT molecular complexity index is 1030. The third kappa shape index (κ3) is 3.20. The number of rotatable bonds is 4. The SMILES string of the molecule is COc1ccccc1C1CN2C(=N1)N=C(C)C(CN)=C2c1ccc(Cl)cc1Cl. The molecule has 2 aromatic rings. The predicted molar refractivity (Wildman–Crippen MR) is 115 cm³/mol. The minimum absolute atomic E-state index is 0.0964. The van der Waals surface area contributed by atoms with Gasteiger partial charge in [0, 0.05) is 34.0 Å². The summed E-state index contributed by atoms with van der Waals surface area (Å²) in [6.45, 7) is 2.93. The van der Waals surface area contributed by atoms with Gasteiger partial charge in [0.2, 0.25) is 5.96 Å². The second kappa shape index (κ2) is 7.59. The molecule has 4 rings (SSSR count). The van der Waals surface area contributed by atoms with Crippen LogP contribution in [0.25, 0.3) is 5.70 Å². The molecule has 0 saturated carbocycles. The average molecular weight is 415 g/mol. The topological polar surface area (TPSA) is 63.2 Å². The molecule has 144 valence electrons. The molecular formula is C21H20Cl2N4O. The molecule has 2 aromatic carbocycles. The Morgan fingerprint density at radius 1 is 1.21 bits per heavy atom. The van der Waals surface area contributed by atoms with Crippen molar-refractivity contribution in [1.82, 2.24) is 4.90 Å². The largest absolute Gasteiger partial charge is 0.496 e. The summed E-state index contributed by atoms with van der Waals surface area (Å²) < 4.78 is 5.53. The number of hydrogen-bond donors (Lipinski definition) is 1. The van der Waals surface area contributed by atoms with Crippen molar-refractivity contribution < 1.29 is 4.74 Å².